The van der Waals surface area contributed by atoms with Crippen LogP contribution in [0.5, 0.6) is 5.75 Å². The molecule has 0 atom stereocenters. The van der Waals surface area contributed by atoms with Crippen LogP contribution in [0.4, 0.5) is 5.69 Å². The molecule has 2 aromatic carbocycles. The van der Waals surface area contributed by atoms with Crippen LogP contribution in [-0.4, -0.2) is 62.0 Å². The number of anilines is 1. The van der Waals surface area contributed by atoms with E-state index in [1.54, 1.807) is 37.5 Å². The number of rotatable bonds is 5. The van der Waals surface area contributed by atoms with Gasteiger partial charge >= 0.3 is 0 Å². The fraction of sp³-hybridized carbons (Fsp3) is 0.304. The van der Waals surface area contributed by atoms with Crippen LogP contribution >= 0.6 is 0 Å². The standard InChI is InChI=1S/C23H27N3O3/c1-17(18-6-10-21(29-3)11-7-18)16-22(27)24-20-8-4-19(5-9-20)23(28)26-14-12-25(2)13-15-26/h4-11,16H,12-15H2,1-3H3,(H,24,27)/b17-16+. The van der Waals surface area contributed by atoms with Crippen molar-refractivity contribution < 1.29 is 14.3 Å². The minimum Gasteiger partial charge on any atom is -0.497 e. The highest BCUT2D eigenvalue weighted by molar-refractivity contribution is 6.04. The topological polar surface area (TPSA) is 61.9 Å². The molecule has 0 aliphatic carbocycles. The number of carbonyl (C=O) groups is 2. The van der Waals surface area contributed by atoms with Gasteiger partial charge in [0.05, 0.1) is 7.11 Å². The van der Waals surface area contributed by atoms with Gasteiger partial charge in [-0.3, -0.25) is 9.59 Å². The van der Waals surface area contributed by atoms with Crippen LogP contribution in [-0.2, 0) is 4.79 Å². The number of hydrogen-bond acceptors (Lipinski definition) is 4. The second-order valence-electron chi connectivity index (χ2n) is 7.22. The zero-order valence-electron chi connectivity index (χ0n) is 17.1. The predicted molar refractivity (Wildman–Crippen MR) is 115 cm³/mol. The summed E-state index contributed by atoms with van der Waals surface area (Å²) in [4.78, 5) is 29.0. The highest BCUT2D eigenvalue weighted by Crippen LogP contribution is 2.19. The van der Waals surface area contributed by atoms with Gasteiger partial charge in [0.25, 0.3) is 5.91 Å². The molecule has 1 fully saturated rings. The lowest BCUT2D eigenvalue weighted by molar-refractivity contribution is -0.111. The van der Waals surface area contributed by atoms with Crippen LogP contribution in [0.2, 0.25) is 0 Å². The number of carbonyl (C=O) groups excluding carboxylic acids is 2. The van der Waals surface area contributed by atoms with E-state index in [1.165, 1.54) is 0 Å². The third-order valence-corrected chi connectivity index (χ3v) is 5.08. The Morgan fingerprint density at radius 2 is 1.52 bits per heavy atom. The molecule has 0 saturated carbocycles. The van der Waals surface area contributed by atoms with Crippen LogP contribution in [0.15, 0.2) is 54.6 Å². The summed E-state index contributed by atoms with van der Waals surface area (Å²) >= 11 is 0. The number of nitrogens with zero attached hydrogens (tertiary/aromatic N) is 2. The highest BCUT2D eigenvalue weighted by atomic mass is 16.5. The zero-order valence-corrected chi connectivity index (χ0v) is 17.1. The number of methoxy groups -OCH3 is 1. The van der Waals surface area contributed by atoms with Crippen molar-refractivity contribution >= 4 is 23.1 Å². The Hall–Kier alpha value is -3.12. The molecule has 1 saturated heterocycles. The molecule has 152 valence electrons. The van der Waals surface area contributed by atoms with E-state index in [0.717, 1.165) is 43.1 Å². The number of piperazine rings is 1. The van der Waals surface area contributed by atoms with Gasteiger partial charge in [-0.05, 0) is 61.5 Å². The number of nitrogens with one attached hydrogen (secondary N) is 1. The van der Waals surface area contributed by atoms with Gasteiger partial charge in [0.2, 0.25) is 5.91 Å². The van der Waals surface area contributed by atoms with Gasteiger partial charge in [0.15, 0.2) is 0 Å². The number of amides is 2. The monoisotopic (exact) mass is 393 g/mol. The van der Waals surface area contributed by atoms with E-state index in [0.29, 0.717) is 11.3 Å². The van der Waals surface area contributed by atoms with Crippen molar-refractivity contribution in [2.75, 3.05) is 45.7 Å². The summed E-state index contributed by atoms with van der Waals surface area (Å²) in [5.41, 5.74) is 3.10. The number of likely N-dealkylation sites (N-methyl/N-ethyl adjacent to an activating group) is 1. The first kappa shape index (κ1) is 20.6. The molecule has 3 rings (SSSR count). The van der Waals surface area contributed by atoms with E-state index in [9.17, 15) is 9.59 Å². The van der Waals surface area contributed by atoms with Crippen molar-refractivity contribution in [1.82, 2.24) is 9.80 Å². The molecule has 1 aliphatic heterocycles. The van der Waals surface area contributed by atoms with E-state index in [2.05, 4.69) is 17.3 Å². The van der Waals surface area contributed by atoms with E-state index < -0.39 is 0 Å². The first-order valence-electron chi connectivity index (χ1n) is 9.68. The molecule has 1 aliphatic rings. The number of benzene rings is 2. The molecule has 6 heteroatoms. The summed E-state index contributed by atoms with van der Waals surface area (Å²) < 4.78 is 5.15. The fourth-order valence-electron chi connectivity index (χ4n) is 3.20. The van der Waals surface area contributed by atoms with Gasteiger partial charge in [-0.25, -0.2) is 0 Å². The van der Waals surface area contributed by atoms with E-state index in [1.807, 2.05) is 36.1 Å². The fourth-order valence-corrected chi connectivity index (χ4v) is 3.20. The van der Waals surface area contributed by atoms with Crippen molar-refractivity contribution in [2.24, 2.45) is 0 Å². The molecule has 29 heavy (non-hydrogen) atoms. The van der Waals surface area contributed by atoms with Crippen molar-refractivity contribution in [1.29, 1.82) is 0 Å². The second-order valence-corrected chi connectivity index (χ2v) is 7.22. The van der Waals surface area contributed by atoms with Crippen molar-refractivity contribution in [3.63, 3.8) is 0 Å². The Balaban J connectivity index is 1.59. The van der Waals surface area contributed by atoms with Gasteiger partial charge in [-0.1, -0.05) is 12.1 Å². The summed E-state index contributed by atoms with van der Waals surface area (Å²) in [6.07, 6.45) is 1.56. The van der Waals surface area contributed by atoms with Crippen LogP contribution in [0, 0.1) is 0 Å². The molecular formula is C23H27N3O3. The molecule has 1 N–H and O–H groups in total. The Bertz CT molecular complexity index is 881. The van der Waals surface area contributed by atoms with E-state index in [4.69, 9.17) is 4.74 Å². The van der Waals surface area contributed by atoms with Crippen LogP contribution in [0.1, 0.15) is 22.8 Å². The molecule has 0 bridgehead atoms. The second kappa shape index (κ2) is 9.39. The summed E-state index contributed by atoms with van der Waals surface area (Å²) in [6, 6.07) is 14.6. The minimum absolute atomic E-state index is 0.0335. The molecule has 1 heterocycles. The lowest BCUT2D eigenvalue weighted by Crippen LogP contribution is -2.47. The summed E-state index contributed by atoms with van der Waals surface area (Å²) in [5.74, 6) is 0.597. The minimum atomic E-state index is -0.212. The predicted octanol–water partition coefficient (Wildman–Crippen LogP) is 3.12. The Labute approximate surface area is 171 Å². The maximum Gasteiger partial charge on any atom is 0.253 e. The van der Waals surface area contributed by atoms with Gasteiger partial charge in [-0.2, -0.15) is 0 Å². The third kappa shape index (κ3) is 5.45. The van der Waals surface area contributed by atoms with Crippen LogP contribution in [0.25, 0.3) is 5.57 Å². The van der Waals surface area contributed by atoms with E-state index in [-0.39, 0.29) is 11.8 Å². The highest BCUT2D eigenvalue weighted by Gasteiger charge is 2.20. The summed E-state index contributed by atoms with van der Waals surface area (Å²) in [6.45, 7) is 5.14. The lowest BCUT2D eigenvalue weighted by Gasteiger charge is -2.32. The molecule has 0 spiro atoms. The maximum atomic E-state index is 12.6. The lowest BCUT2D eigenvalue weighted by atomic mass is 10.1. The first-order valence-corrected chi connectivity index (χ1v) is 9.68. The third-order valence-electron chi connectivity index (χ3n) is 5.08. The molecule has 0 aromatic heterocycles. The molecule has 0 unspecified atom stereocenters. The summed E-state index contributed by atoms with van der Waals surface area (Å²) in [5, 5.41) is 2.85. The average molecular weight is 393 g/mol. The smallest absolute Gasteiger partial charge is 0.253 e. The Kier molecular flexibility index (Phi) is 6.67. The quantitative estimate of drug-likeness (QED) is 0.793. The van der Waals surface area contributed by atoms with Crippen LogP contribution < -0.4 is 10.1 Å². The van der Waals surface area contributed by atoms with Gasteiger partial charge in [0, 0.05) is 43.5 Å². The van der Waals surface area contributed by atoms with Gasteiger partial charge in [0.1, 0.15) is 5.75 Å². The van der Waals surface area contributed by atoms with Gasteiger partial charge in [-0.15, -0.1) is 0 Å². The van der Waals surface area contributed by atoms with Crippen molar-refractivity contribution in [3.8, 4) is 5.75 Å². The van der Waals surface area contributed by atoms with Gasteiger partial charge < -0.3 is 19.9 Å². The van der Waals surface area contributed by atoms with Crippen molar-refractivity contribution in [2.45, 2.75) is 6.92 Å². The molecular weight excluding hydrogens is 366 g/mol. The molecule has 2 amide bonds. The number of ether oxygens (including phenoxy) is 1. The molecule has 0 radical (unpaired) electrons. The normalized spacial score (nSPS) is 15.1. The number of hydrogen-bond donors (Lipinski definition) is 1. The Morgan fingerprint density at radius 3 is 2.10 bits per heavy atom. The molecule has 6 nitrogen and oxygen atoms in total. The SMILES string of the molecule is COc1ccc(/C(C)=C/C(=O)Nc2ccc(C(=O)N3CCN(C)CC3)cc2)cc1. The maximum absolute atomic E-state index is 12.6. The zero-order chi connectivity index (χ0) is 20.8. The van der Waals surface area contributed by atoms with Crippen LogP contribution in [0.3, 0.4) is 0 Å². The average Bonchev–Trinajstić information content (AvgIpc) is 2.74. The Morgan fingerprint density at radius 1 is 0.931 bits per heavy atom. The van der Waals surface area contributed by atoms with Crippen molar-refractivity contribution in [3.05, 3.63) is 65.7 Å². The van der Waals surface area contributed by atoms with E-state index >= 15 is 0 Å². The summed E-state index contributed by atoms with van der Waals surface area (Å²) in [7, 11) is 3.68. The molecule has 2 aromatic rings. The first-order chi connectivity index (χ1) is 14.0. The number of allylic oxidation sites excluding steroid dienone is 1. The largest absolute Gasteiger partial charge is 0.497 e.